The Labute approximate surface area is 104 Å². The Morgan fingerprint density at radius 1 is 1.24 bits per heavy atom. The van der Waals surface area contributed by atoms with Crippen LogP contribution >= 0.6 is 0 Å². The van der Waals surface area contributed by atoms with E-state index in [0.717, 1.165) is 19.5 Å². The molecule has 17 heavy (non-hydrogen) atoms. The standard InChI is InChI=1S/C14H22N2O/c1-3-13(12-8-6-5-7-9-12)16-14(17)10-11-15-4-2/h5-9,13,15H,3-4,10-11H2,1-2H3,(H,16,17). The molecule has 0 heterocycles. The molecule has 1 rings (SSSR count). The number of rotatable bonds is 7. The van der Waals surface area contributed by atoms with Crippen LogP contribution in [0.5, 0.6) is 0 Å². The number of carbonyl (C=O) groups is 1. The van der Waals surface area contributed by atoms with Crippen LogP contribution in [0.2, 0.25) is 0 Å². The molecule has 1 unspecified atom stereocenters. The Bertz CT molecular complexity index is 324. The predicted molar refractivity (Wildman–Crippen MR) is 70.8 cm³/mol. The fraction of sp³-hybridized carbons (Fsp3) is 0.500. The molecule has 0 aliphatic rings. The number of hydrogen-bond acceptors (Lipinski definition) is 2. The minimum absolute atomic E-state index is 0.113. The van der Waals surface area contributed by atoms with Crippen LogP contribution in [-0.4, -0.2) is 19.0 Å². The second-order valence-electron chi connectivity index (χ2n) is 4.04. The average molecular weight is 234 g/mol. The van der Waals surface area contributed by atoms with Gasteiger partial charge in [-0.05, 0) is 18.5 Å². The third-order valence-corrected chi connectivity index (χ3v) is 2.72. The third-order valence-electron chi connectivity index (χ3n) is 2.72. The molecule has 0 saturated heterocycles. The molecule has 1 atom stereocenters. The molecule has 0 aliphatic heterocycles. The summed E-state index contributed by atoms with van der Waals surface area (Å²) in [5.74, 6) is 0.113. The van der Waals surface area contributed by atoms with Gasteiger partial charge < -0.3 is 10.6 Å². The average Bonchev–Trinajstić information content (AvgIpc) is 2.37. The number of nitrogens with one attached hydrogen (secondary N) is 2. The first-order valence-corrected chi connectivity index (χ1v) is 6.33. The molecule has 1 aromatic carbocycles. The van der Waals surface area contributed by atoms with Crippen LogP contribution in [0.15, 0.2) is 30.3 Å². The molecule has 0 radical (unpaired) electrons. The first-order chi connectivity index (χ1) is 8.27. The molecule has 0 saturated carbocycles. The van der Waals surface area contributed by atoms with Crippen LogP contribution in [0.25, 0.3) is 0 Å². The zero-order valence-electron chi connectivity index (χ0n) is 10.7. The third kappa shape index (κ3) is 5.00. The predicted octanol–water partition coefficient (Wildman–Crippen LogP) is 2.25. The molecule has 0 aliphatic carbocycles. The van der Waals surface area contributed by atoms with Crippen molar-refractivity contribution in [1.29, 1.82) is 0 Å². The van der Waals surface area contributed by atoms with Crippen LogP contribution in [0.1, 0.15) is 38.3 Å². The first-order valence-electron chi connectivity index (χ1n) is 6.33. The van der Waals surface area contributed by atoms with Crippen LogP contribution < -0.4 is 10.6 Å². The van der Waals surface area contributed by atoms with E-state index in [4.69, 9.17) is 0 Å². The van der Waals surface area contributed by atoms with Gasteiger partial charge in [-0.15, -0.1) is 0 Å². The van der Waals surface area contributed by atoms with Crippen molar-refractivity contribution in [2.24, 2.45) is 0 Å². The maximum Gasteiger partial charge on any atom is 0.221 e. The summed E-state index contributed by atoms with van der Waals surface area (Å²) in [5.41, 5.74) is 1.17. The summed E-state index contributed by atoms with van der Waals surface area (Å²) in [6, 6.07) is 10.2. The van der Waals surface area contributed by atoms with Crippen molar-refractivity contribution in [1.82, 2.24) is 10.6 Å². The molecule has 0 bridgehead atoms. The van der Waals surface area contributed by atoms with Gasteiger partial charge in [0.2, 0.25) is 5.91 Å². The van der Waals surface area contributed by atoms with Crippen molar-refractivity contribution in [3.8, 4) is 0 Å². The largest absolute Gasteiger partial charge is 0.349 e. The Hall–Kier alpha value is -1.35. The van der Waals surface area contributed by atoms with Gasteiger partial charge in [0, 0.05) is 13.0 Å². The van der Waals surface area contributed by atoms with E-state index in [-0.39, 0.29) is 11.9 Å². The highest BCUT2D eigenvalue weighted by Gasteiger charge is 2.11. The van der Waals surface area contributed by atoms with Crippen LogP contribution in [-0.2, 0) is 4.79 Å². The lowest BCUT2D eigenvalue weighted by atomic mass is 10.0. The summed E-state index contributed by atoms with van der Waals surface area (Å²) < 4.78 is 0. The van der Waals surface area contributed by atoms with Crippen molar-refractivity contribution < 1.29 is 4.79 Å². The van der Waals surface area contributed by atoms with E-state index in [2.05, 4.69) is 29.7 Å². The maximum absolute atomic E-state index is 11.7. The number of carbonyl (C=O) groups excluding carboxylic acids is 1. The minimum atomic E-state index is 0.113. The van der Waals surface area contributed by atoms with Crippen LogP contribution in [0.4, 0.5) is 0 Å². The summed E-state index contributed by atoms with van der Waals surface area (Å²) in [7, 11) is 0. The number of benzene rings is 1. The van der Waals surface area contributed by atoms with E-state index < -0.39 is 0 Å². The summed E-state index contributed by atoms with van der Waals surface area (Å²) in [4.78, 5) is 11.7. The van der Waals surface area contributed by atoms with E-state index in [1.54, 1.807) is 0 Å². The van der Waals surface area contributed by atoms with Crippen molar-refractivity contribution in [3.05, 3.63) is 35.9 Å². The van der Waals surface area contributed by atoms with E-state index in [1.165, 1.54) is 5.56 Å². The summed E-state index contributed by atoms with van der Waals surface area (Å²) in [6.45, 7) is 5.77. The van der Waals surface area contributed by atoms with Crippen molar-refractivity contribution in [3.63, 3.8) is 0 Å². The van der Waals surface area contributed by atoms with Gasteiger partial charge in [-0.25, -0.2) is 0 Å². The normalized spacial score (nSPS) is 12.1. The SMILES string of the molecule is CCNCCC(=O)NC(CC)c1ccccc1. The number of hydrogen-bond donors (Lipinski definition) is 2. The van der Waals surface area contributed by atoms with Gasteiger partial charge in [-0.3, -0.25) is 4.79 Å². The molecule has 0 spiro atoms. The Morgan fingerprint density at radius 3 is 2.53 bits per heavy atom. The highest BCUT2D eigenvalue weighted by atomic mass is 16.1. The molecule has 1 aromatic rings. The second kappa shape index (κ2) is 7.85. The molecular formula is C14H22N2O. The van der Waals surface area contributed by atoms with Gasteiger partial charge in [0.15, 0.2) is 0 Å². The highest BCUT2D eigenvalue weighted by molar-refractivity contribution is 5.76. The molecule has 1 amide bonds. The highest BCUT2D eigenvalue weighted by Crippen LogP contribution is 2.15. The zero-order chi connectivity index (χ0) is 12.5. The van der Waals surface area contributed by atoms with Gasteiger partial charge in [-0.1, -0.05) is 44.2 Å². The van der Waals surface area contributed by atoms with Crippen LogP contribution in [0.3, 0.4) is 0 Å². The molecule has 94 valence electrons. The van der Waals surface area contributed by atoms with Gasteiger partial charge in [0.25, 0.3) is 0 Å². The summed E-state index contributed by atoms with van der Waals surface area (Å²) in [5, 5.41) is 6.21. The fourth-order valence-electron chi connectivity index (χ4n) is 1.75. The Kier molecular flexibility index (Phi) is 6.33. The van der Waals surface area contributed by atoms with E-state index in [0.29, 0.717) is 6.42 Å². The molecule has 2 N–H and O–H groups in total. The Balaban J connectivity index is 2.44. The van der Waals surface area contributed by atoms with Gasteiger partial charge in [0.1, 0.15) is 0 Å². The Morgan fingerprint density at radius 2 is 1.94 bits per heavy atom. The maximum atomic E-state index is 11.7. The molecule has 3 heteroatoms. The van der Waals surface area contributed by atoms with Gasteiger partial charge in [0.05, 0.1) is 6.04 Å². The molecule has 0 fully saturated rings. The summed E-state index contributed by atoms with van der Waals surface area (Å²) in [6.07, 6.45) is 1.45. The number of amides is 1. The van der Waals surface area contributed by atoms with Gasteiger partial charge in [-0.2, -0.15) is 0 Å². The van der Waals surface area contributed by atoms with E-state index in [9.17, 15) is 4.79 Å². The minimum Gasteiger partial charge on any atom is -0.349 e. The lowest BCUT2D eigenvalue weighted by molar-refractivity contribution is -0.121. The molecule has 0 aromatic heterocycles. The first kappa shape index (κ1) is 13.7. The van der Waals surface area contributed by atoms with Crippen molar-refractivity contribution in [2.45, 2.75) is 32.7 Å². The van der Waals surface area contributed by atoms with Gasteiger partial charge >= 0.3 is 0 Å². The molecule has 3 nitrogen and oxygen atoms in total. The fourth-order valence-corrected chi connectivity index (χ4v) is 1.75. The lowest BCUT2D eigenvalue weighted by Crippen LogP contribution is -2.30. The quantitative estimate of drug-likeness (QED) is 0.710. The topological polar surface area (TPSA) is 41.1 Å². The van der Waals surface area contributed by atoms with E-state index >= 15 is 0 Å². The smallest absolute Gasteiger partial charge is 0.221 e. The monoisotopic (exact) mass is 234 g/mol. The second-order valence-corrected chi connectivity index (χ2v) is 4.04. The molecular weight excluding hydrogens is 212 g/mol. The van der Waals surface area contributed by atoms with Crippen molar-refractivity contribution in [2.75, 3.05) is 13.1 Å². The zero-order valence-corrected chi connectivity index (χ0v) is 10.7. The lowest BCUT2D eigenvalue weighted by Gasteiger charge is -2.17. The van der Waals surface area contributed by atoms with E-state index in [1.807, 2.05) is 25.1 Å². The summed E-state index contributed by atoms with van der Waals surface area (Å²) >= 11 is 0. The van der Waals surface area contributed by atoms with Crippen LogP contribution in [0, 0.1) is 0 Å². The van der Waals surface area contributed by atoms with Crippen molar-refractivity contribution >= 4 is 5.91 Å².